The fourth-order valence-corrected chi connectivity index (χ4v) is 4.78. The average molecular weight is 280 g/mol. The van der Waals surface area contributed by atoms with Gasteiger partial charge in [-0.2, -0.15) is 0 Å². The Morgan fingerprint density at radius 1 is 1.25 bits per heavy atom. The Balaban J connectivity index is 1.91. The molecule has 0 aromatic rings. The van der Waals surface area contributed by atoms with Crippen LogP contribution in [0.25, 0.3) is 0 Å². The lowest BCUT2D eigenvalue weighted by Crippen LogP contribution is -2.50. The molecular weight excluding hydrogens is 244 g/mol. The molecule has 1 heterocycles. The number of hydrogen-bond acceptors (Lipinski definition) is 2. The van der Waals surface area contributed by atoms with Crippen molar-refractivity contribution in [2.45, 2.75) is 84.7 Å². The van der Waals surface area contributed by atoms with Crippen molar-refractivity contribution in [1.82, 2.24) is 10.2 Å². The summed E-state index contributed by atoms with van der Waals surface area (Å²) in [7, 11) is 0. The third kappa shape index (κ3) is 4.21. The number of likely N-dealkylation sites (tertiary alicyclic amines) is 1. The first-order chi connectivity index (χ1) is 9.54. The van der Waals surface area contributed by atoms with Crippen molar-refractivity contribution in [1.29, 1.82) is 0 Å². The summed E-state index contributed by atoms with van der Waals surface area (Å²) in [5, 5.41) is 3.64. The molecule has 0 aromatic heterocycles. The molecule has 2 rings (SSSR count). The highest BCUT2D eigenvalue weighted by Gasteiger charge is 2.38. The summed E-state index contributed by atoms with van der Waals surface area (Å²) in [6.45, 7) is 13.3. The summed E-state index contributed by atoms with van der Waals surface area (Å²) < 4.78 is 0. The Bertz CT molecular complexity index is 281. The second-order valence-corrected chi connectivity index (χ2v) is 7.90. The molecule has 2 nitrogen and oxygen atoms in total. The molecule has 2 unspecified atom stereocenters. The summed E-state index contributed by atoms with van der Waals surface area (Å²) in [6.07, 6.45) is 10.0. The van der Waals surface area contributed by atoms with E-state index in [0.29, 0.717) is 5.41 Å². The summed E-state index contributed by atoms with van der Waals surface area (Å²) in [5.41, 5.74) is 0.646. The van der Waals surface area contributed by atoms with Gasteiger partial charge in [0.25, 0.3) is 0 Å². The molecule has 20 heavy (non-hydrogen) atoms. The minimum absolute atomic E-state index is 0.646. The highest BCUT2D eigenvalue weighted by atomic mass is 15.2. The zero-order chi connectivity index (χ0) is 14.6. The van der Waals surface area contributed by atoms with Crippen molar-refractivity contribution in [2.75, 3.05) is 19.6 Å². The zero-order valence-corrected chi connectivity index (χ0v) is 14.3. The van der Waals surface area contributed by atoms with Gasteiger partial charge in [0.1, 0.15) is 0 Å². The topological polar surface area (TPSA) is 15.3 Å². The molecule has 2 atom stereocenters. The van der Waals surface area contributed by atoms with E-state index in [9.17, 15) is 0 Å². The SMILES string of the molecule is CCNC1CCN(CC2(CC(C)C)CCCC2)C(C)C1. The lowest BCUT2D eigenvalue weighted by Gasteiger charge is -2.44. The third-order valence-electron chi connectivity index (χ3n) is 5.55. The fraction of sp³-hybridized carbons (Fsp3) is 1.00. The zero-order valence-electron chi connectivity index (χ0n) is 14.3. The standard InChI is InChI=1S/C18H36N2/c1-5-19-17-8-11-20(16(4)12-17)14-18(13-15(2)3)9-6-7-10-18/h15-17,19H,5-14H2,1-4H3. The number of nitrogens with zero attached hydrogens (tertiary/aromatic N) is 1. The molecule has 2 aliphatic rings. The minimum atomic E-state index is 0.646. The first-order valence-corrected chi connectivity index (χ1v) is 9.02. The van der Waals surface area contributed by atoms with Gasteiger partial charge in [-0.25, -0.2) is 0 Å². The van der Waals surface area contributed by atoms with Crippen LogP contribution in [-0.4, -0.2) is 36.6 Å². The Morgan fingerprint density at radius 2 is 1.95 bits per heavy atom. The quantitative estimate of drug-likeness (QED) is 0.789. The van der Waals surface area contributed by atoms with Crippen molar-refractivity contribution in [2.24, 2.45) is 11.3 Å². The molecule has 2 fully saturated rings. The van der Waals surface area contributed by atoms with Crippen LogP contribution in [0.1, 0.15) is 72.6 Å². The van der Waals surface area contributed by atoms with Crippen LogP contribution in [0, 0.1) is 11.3 Å². The van der Waals surface area contributed by atoms with Crippen LogP contribution in [0.3, 0.4) is 0 Å². The second-order valence-electron chi connectivity index (χ2n) is 7.90. The van der Waals surface area contributed by atoms with Gasteiger partial charge in [-0.05, 0) is 63.5 Å². The van der Waals surface area contributed by atoms with Gasteiger partial charge in [-0.3, -0.25) is 4.90 Å². The van der Waals surface area contributed by atoms with Crippen LogP contribution in [0.2, 0.25) is 0 Å². The number of hydrogen-bond donors (Lipinski definition) is 1. The van der Waals surface area contributed by atoms with Gasteiger partial charge in [0.2, 0.25) is 0 Å². The van der Waals surface area contributed by atoms with Crippen LogP contribution in [0.15, 0.2) is 0 Å². The van der Waals surface area contributed by atoms with Crippen molar-refractivity contribution < 1.29 is 0 Å². The lowest BCUT2D eigenvalue weighted by molar-refractivity contribution is 0.0658. The van der Waals surface area contributed by atoms with Gasteiger partial charge in [0, 0.05) is 18.6 Å². The molecule has 0 amide bonds. The Kier molecular flexibility index (Phi) is 5.92. The number of rotatable bonds is 6. The van der Waals surface area contributed by atoms with Crippen LogP contribution in [0.4, 0.5) is 0 Å². The van der Waals surface area contributed by atoms with Crippen molar-refractivity contribution in [3.63, 3.8) is 0 Å². The first-order valence-electron chi connectivity index (χ1n) is 9.02. The molecule has 1 N–H and O–H groups in total. The Labute approximate surface area is 126 Å². The van der Waals surface area contributed by atoms with Gasteiger partial charge in [0.05, 0.1) is 0 Å². The minimum Gasteiger partial charge on any atom is -0.314 e. The molecule has 1 aliphatic heterocycles. The van der Waals surface area contributed by atoms with E-state index in [1.54, 1.807) is 0 Å². The maximum Gasteiger partial charge on any atom is 0.00939 e. The number of nitrogens with one attached hydrogen (secondary N) is 1. The van der Waals surface area contributed by atoms with E-state index >= 15 is 0 Å². The van der Waals surface area contributed by atoms with E-state index in [1.807, 2.05) is 0 Å². The highest BCUT2D eigenvalue weighted by molar-refractivity contribution is 4.92. The summed E-state index contributed by atoms with van der Waals surface area (Å²) in [5.74, 6) is 0.850. The van der Waals surface area contributed by atoms with E-state index < -0.39 is 0 Å². The largest absolute Gasteiger partial charge is 0.314 e. The molecule has 0 bridgehead atoms. The lowest BCUT2D eigenvalue weighted by atomic mass is 9.77. The maximum atomic E-state index is 3.64. The molecular formula is C18H36N2. The summed E-state index contributed by atoms with van der Waals surface area (Å²) in [4.78, 5) is 2.81. The van der Waals surface area contributed by atoms with Gasteiger partial charge >= 0.3 is 0 Å². The van der Waals surface area contributed by atoms with Crippen molar-refractivity contribution >= 4 is 0 Å². The molecule has 2 heteroatoms. The summed E-state index contributed by atoms with van der Waals surface area (Å²) in [6, 6.07) is 1.52. The molecule has 0 radical (unpaired) electrons. The molecule has 118 valence electrons. The van der Waals surface area contributed by atoms with Gasteiger partial charge in [0.15, 0.2) is 0 Å². The Morgan fingerprint density at radius 3 is 2.50 bits per heavy atom. The Hall–Kier alpha value is -0.0800. The summed E-state index contributed by atoms with van der Waals surface area (Å²) >= 11 is 0. The predicted molar refractivity (Wildman–Crippen MR) is 88.1 cm³/mol. The van der Waals surface area contributed by atoms with Gasteiger partial charge in [-0.1, -0.05) is 33.6 Å². The normalized spacial score (nSPS) is 31.1. The first kappa shape index (κ1) is 16.3. The number of piperidine rings is 1. The van der Waals surface area contributed by atoms with Crippen molar-refractivity contribution in [3.05, 3.63) is 0 Å². The molecule has 1 saturated heterocycles. The fourth-order valence-electron chi connectivity index (χ4n) is 4.78. The average Bonchev–Trinajstić information content (AvgIpc) is 2.81. The third-order valence-corrected chi connectivity index (χ3v) is 5.55. The van der Waals surface area contributed by atoms with E-state index in [-0.39, 0.29) is 0 Å². The van der Waals surface area contributed by atoms with Gasteiger partial charge in [-0.15, -0.1) is 0 Å². The van der Waals surface area contributed by atoms with Crippen LogP contribution in [-0.2, 0) is 0 Å². The smallest absolute Gasteiger partial charge is 0.00939 e. The van der Waals surface area contributed by atoms with E-state index in [4.69, 9.17) is 0 Å². The molecule has 0 aromatic carbocycles. The monoisotopic (exact) mass is 280 g/mol. The van der Waals surface area contributed by atoms with E-state index in [0.717, 1.165) is 24.5 Å². The molecule has 1 saturated carbocycles. The second kappa shape index (κ2) is 7.26. The van der Waals surface area contributed by atoms with Crippen LogP contribution in [0.5, 0.6) is 0 Å². The highest BCUT2D eigenvalue weighted by Crippen LogP contribution is 2.44. The molecule has 0 spiro atoms. The molecule has 1 aliphatic carbocycles. The van der Waals surface area contributed by atoms with Crippen LogP contribution >= 0.6 is 0 Å². The van der Waals surface area contributed by atoms with Gasteiger partial charge < -0.3 is 5.32 Å². The van der Waals surface area contributed by atoms with Crippen LogP contribution < -0.4 is 5.32 Å². The van der Waals surface area contributed by atoms with E-state index in [1.165, 1.54) is 58.0 Å². The predicted octanol–water partition coefficient (Wildman–Crippen LogP) is 4.06. The van der Waals surface area contributed by atoms with Crippen molar-refractivity contribution in [3.8, 4) is 0 Å². The maximum absolute atomic E-state index is 3.64. The van der Waals surface area contributed by atoms with E-state index in [2.05, 4.69) is 37.9 Å².